The first-order valence-corrected chi connectivity index (χ1v) is 13.4. The number of rotatable bonds is 8. The van der Waals surface area contributed by atoms with E-state index in [0.717, 1.165) is 27.8 Å². The number of hydrogen-bond acceptors (Lipinski definition) is 7. The molecule has 1 saturated heterocycles. The van der Waals surface area contributed by atoms with Gasteiger partial charge in [-0.05, 0) is 69.9 Å². The molecule has 1 fully saturated rings. The molecule has 204 valence electrons. The lowest BCUT2D eigenvalue weighted by Crippen LogP contribution is -2.43. The standard InChI is InChI=1S/C30H38N2O6/c1-6-26(28(33)38-30(3,4)5)37-24-13-16-32(17-14-24)29(34)35-18-15-25-20(2)36-27(31-25)23-12-11-21-9-7-8-10-22(21)19-23/h7-12,19,24,26H,6,13-18H2,1-5H3. The smallest absolute Gasteiger partial charge is 0.409 e. The van der Waals surface area contributed by atoms with Crippen molar-refractivity contribution in [1.82, 2.24) is 9.88 Å². The first kappa shape index (κ1) is 27.6. The molecule has 8 nitrogen and oxygen atoms in total. The molecule has 1 aliphatic rings. The summed E-state index contributed by atoms with van der Waals surface area (Å²) in [5.74, 6) is 0.944. The number of oxazole rings is 1. The number of aromatic nitrogens is 1. The van der Waals surface area contributed by atoms with Gasteiger partial charge < -0.3 is 23.5 Å². The van der Waals surface area contributed by atoms with Crippen LogP contribution >= 0.6 is 0 Å². The maximum Gasteiger partial charge on any atom is 0.409 e. The predicted octanol–water partition coefficient (Wildman–Crippen LogP) is 6.08. The molecule has 0 N–H and O–H groups in total. The molecule has 2 aromatic carbocycles. The van der Waals surface area contributed by atoms with Gasteiger partial charge >= 0.3 is 12.1 Å². The molecule has 1 amide bonds. The number of likely N-dealkylation sites (tertiary alicyclic amines) is 1. The van der Waals surface area contributed by atoms with Crippen LogP contribution in [-0.4, -0.2) is 59.5 Å². The fourth-order valence-corrected chi connectivity index (χ4v) is 4.52. The van der Waals surface area contributed by atoms with Crippen molar-refractivity contribution in [2.75, 3.05) is 19.7 Å². The van der Waals surface area contributed by atoms with E-state index in [1.54, 1.807) is 4.90 Å². The number of ether oxygens (including phenoxy) is 3. The highest BCUT2D eigenvalue weighted by Crippen LogP contribution is 2.26. The molecular weight excluding hydrogens is 484 g/mol. The van der Waals surface area contributed by atoms with Crippen LogP contribution in [0.2, 0.25) is 0 Å². The van der Waals surface area contributed by atoms with E-state index in [-0.39, 0.29) is 24.8 Å². The van der Waals surface area contributed by atoms with Gasteiger partial charge in [-0.3, -0.25) is 0 Å². The topological polar surface area (TPSA) is 91.1 Å². The number of nitrogens with zero attached hydrogens (tertiary/aromatic N) is 2. The van der Waals surface area contributed by atoms with Crippen molar-refractivity contribution in [2.24, 2.45) is 0 Å². The largest absolute Gasteiger partial charge is 0.458 e. The summed E-state index contributed by atoms with van der Waals surface area (Å²) in [4.78, 5) is 31.3. The zero-order valence-electron chi connectivity index (χ0n) is 23.0. The molecule has 0 spiro atoms. The van der Waals surface area contributed by atoms with E-state index in [4.69, 9.17) is 18.6 Å². The van der Waals surface area contributed by atoms with Crippen molar-refractivity contribution in [1.29, 1.82) is 0 Å². The molecule has 0 bridgehead atoms. The molecule has 2 heterocycles. The second-order valence-electron chi connectivity index (χ2n) is 10.7. The van der Waals surface area contributed by atoms with Gasteiger partial charge in [0, 0.05) is 25.1 Å². The van der Waals surface area contributed by atoms with Crippen molar-refractivity contribution in [2.45, 2.75) is 78.1 Å². The van der Waals surface area contributed by atoms with E-state index in [0.29, 0.717) is 44.7 Å². The lowest BCUT2D eigenvalue weighted by Gasteiger charge is -2.33. The third kappa shape index (κ3) is 7.13. The van der Waals surface area contributed by atoms with E-state index in [2.05, 4.69) is 29.2 Å². The number of esters is 1. The van der Waals surface area contributed by atoms with Crippen LogP contribution in [0.5, 0.6) is 0 Å². The Morgan fingerprint density at radius 3 is 2.50 bits per heavy atom. The fourth-order valence-electron chi connectivity index (χ4n) is 4.52. The molecule has 1 aliphatic heterocycles. The Morgan fingerprint density at radius 2 is 1.82 bits per heavy atom. The summed E-state index contributed by atoms with van der Waals surface area (Å²) in [6.45, 7) is 10.6. The van der Waals surface area contributed by atoms with E-state index >= 15 is 0 Å². The Labute approximate surface area is 224 Å². The van der Waals surface area contributed by atoms with Gasteiger partial charge in [0.15, 0.2) is 6.10 Å². The van der Waals surface area contributed by atoms with E-state index in [1.807, 2.05) is 52.8 Å². The molecule has 0 aliphatic carbocycles. The number of amides is 1. The van der Waals surface area contributed by atoms with Crippen LogP contribution in [0.15, 0.2) is 46.9 Å². The van der Waals surface area contributed by atoms with Crippen LogP contribution in [0.25, 0.3) is 22.2 Å². The third-order valence-corrected chi connectivity index (χ3v) is 6.55. The molecule has 1 atom stereocenters. The summed E-state index contributed by atoms with van der Waals surface area (Å²) in [6, 6.07) is 14.3. The number of benzene rings is 2. The third-order valence-electron chi connectivity index (χ3n) is 6.55. The highest BCUT2D eigenvalue weighted by molar-refractivity contribution is 5.86. The van der Waals surface area contributed by atoms with Gasteiger partial charge in [0.25, 0.3) is 0 Å². The zero-order chi connectivity index (χ0) is 27.3. The molecule has 8 heteroatoms. The highest BCUT2D eigenvalue weighted by atomic mass is 16.6. The fraction of sp³-hybridized carbons (Fsp3) is 0.500. The van der Waals surface area contributed by atoms with Crippen LogP contribution in [0.4, 0.5) is 4.79 Å². The lowest BCUT2D eigenvalue weighted by atomic mass is 10.1. The Bertz CT molecular complexity index is 1250. The molecule has 4 rings (SSSR count). The SMILES string of the molecule is CCC(OC1CCN(C(=O)OCCc2nc(-c3ccc4ccccc4c3)oc2C)CC1)C(=O)OC(C)(C)C. The molecule has 0 saturated carbocycles. The second kappa shape index (κ2) is 12.0. The number of carbonyl (C=O) groups is 2. The minimum absolute atomic E-state index is 0.0946. The molecule has 1 unspecified atom stereocenters. The number of hydrogen-bond donors (Lipinski definition) is 0. The second-order valence-corrected chi connectivity index (χ2v) is 10.7. The Kier molecular flexibility index (Phi) is 8.72. The highest BCUT2D eigenvalue weighted by Gasteiger charge is 2.30. The summed E-state index contributed by atoms with van der Waals surface area (Å²) < 4.78 is 22.9. The number of aryl methyl sites for hydroxylation is 1. The van der Waals surface area contributed by atoms with Crippen molar-refractivity contribution in [3.05, 3.63) is 53.9 Å². The summed E-state index contributed by atoms with van der Waals surface area (Å²) in [7, 11) is 0. The Balaban J connectivity index is 1.23. The normalized spacial score (nSPS) is 15.4. The molecule has 0 radical (unpaired) electrons. The van der Waals surface area contributed by atoms with Crippen LogP contribution < -0.4 is 0 Å². The van der Waals surface area contributed by atoms with Crippen LogP contribution in [0.3, 0.4) is 0 Å². The number of fused-ring (bicyclic) bond motifs is 1. The first-order chi connectivity index (χ1) is 18.1. The summed E-state index contributed by atoms with van der Waals surface area (Å²) in [5, 5.41) is 2.29. The van der Waals surface area contributed by atoms with Crippen molar-refractivity contribution in [3.63, 3.8) is 0 Å². The van der Waals surface area contributed by atoms with Gasteiger partial charge in [-0.15, -0.1) is 0 Å². The van der Waals surface area contributed by atoms with Crippen molar-refractivity contribution < 1.29 is 28.2 Å². The quantitative estimate of drug-likeness (QED) is 0.331. The van der Waals surface area contributed by atoms with Crippen molar-refractivity contribution >= 4 is 22.8 Å². The van der Waals surface area contributed by atoms with E-state index in [9.17, 15) is 9.59 Å². The van der Waals surface area contributed by atoms with E-state index < -0.39 is 11.7 Å². The first-order valence-electron chi connectivity index (χ1n) is 13.4. The zero-order valence-corrected chi connectivity index (χ0v) is 23.0. The maximum atomic E-state index is 12.6. The van der Waals surface area contributed by atoms with Crippen molar-refractivity contribution in [3.8, 4) is 11.5 Å². The predicted molar refractivity (Wildman–Crippen MR) is 145 cm³/mol. The van der Waals surface area contributed by atoms with Gasteiger partial charge in [-0.1, -0.05) is 37.3 Å². The molecular formula is C30H38N2O6. The van der Waals surface area contributed by atoms with E-state index in [1.165, 1.54) is 0 Å². The van der Waals surface area contributed by atoms with Crippen LogP contribution in [-0.2, 0) is 25.4 Å². The lowest BCUT2D eigenvalue weighted by molar-refractivity contribution is -0.174. The van der Waals surface area contributed by atoms with Crippen LogP contribution in [0, 0.1) is 6.92 Å². The molecule has 1 aromatic heterocycles. The molecule has 3 aromatic rings. The maximum absolute atomic E-state index is 12.6. The summed E-state index contributed by atoms with van der Waals surface area (Å²) >= 11 is 0. The van der Waals surface area contributed by atoms with Gasteiger partial charge in [0.2, 0.25) is 5.89 Å². The minimum Gasteiger partial charge on any atom is -0.458 e. The average molecular weight is 523 g/mol. The average Bonchev–Trinajstić information content (AvgIpc) is 3.26. The van der Waals surface area contributed by atoms with Crippen LogP contribution in [0.1, 0.15) is 58.4 Å². The van der Waals surface area contributed by atoms with Gasteiger partial charge in [-0.25, -0.2) is 14.6 Å². The minimum atomic E-state index is -0.595. The summed E-state index contributed by atoms with van der Waals surface area (Å²) in [5.41, 5.74) is 1.14. The van der Waals surface area contributed by atoms with Gasteiger partial charge in [-0.2, -0.15) is 0 Å². The number of carbonyl (C=O) groups excluding carboxylic acids is 2. The Morgan fingerprint density at radius 1 is 1.11 bits per heavy atom. The monoisotopic (exact) mass is 522 g/mol. The number of piperidine rings is 1. The Hall–Kier alpha value is -3.39. The summed E-state index contributed by atoms with van der Waals surface area (Å²) in [6.07, 6.45) is 1.27. The van der Waals surface area contributed by atoms with Gasteiger partial charge in [0.05, 0.1) is 18.4 Å². The van der Waals surface area contributed by atoms with Gasteiger partial charge in [0.1, 0.15) is 11.4 Å². The molecule has 38 heavy (non-hydrogen) atoms.